The van der Waals surface area contributed by atoms with E-state index in [1.54, 1.807) is 20.8 Å². The molecule has 0 unspecified atom stereocenters. The summed E-state index contributed by atoms with van der Waals surface area (Å²) in [7, 11) is 0. The van der Waals surface area contributed by atoms with E-state index in [-0.39, 0.29) is 17.8 Å². The summed E-state index contributed by atoms with van der Waals surface area (Å²) in [5.41, 5.74) is -0.737. The average Bonchev–Trinajstić information content (AvgIpc) is 2.25. The molecule has 0 heterocycles. The van der Waals surface area contributed by atoms with Crippen molar-refractivity contribution in [2.24, 2.45) is 0 Å². The lowest BCUT2D eigenvalue weighted by Crippen LogP contribution is -2.28. The molecule has 104 valence electrons. The third-order valence-electron chi connectivity index (χ3n) is 2.06. The van der Waals surface area contributed by atoms with Crippen LogP contribution in [0, 0.1) is 5.82 Å². The first-order valence-electron chi connectivity index (χ1n) is 5.67. The third kappa shape index (κ3) is 4.95. The standard InChI is InChI=1S/C13H16FNO4/c1-13(2,3)19-11(16)7-15-10-6-8(12(17)18)4-5-9(10)14/h4-6,15H,7H2,1-3H3,(H,17,18). The van der Waals surface area contributed by atoms with Crippen LogP contribution in [0.25, 0.3) is 0 Å². The van der Waals surface area contributed by atoms with Gasteiger partial charge in [0.1, 0.15) is 18.0 Å². The summed E-state index contributed by atoms with van der Waals surface area (Å²) >= 11 is 0. The molecular weight excluding hydrogens is 253 g/mol. The third-order valence-corrected chi connectivity index (χ3v) is 2.06. The topological polar surface area (TPSA) is 75.6 Å². The van der Waals surface area contributed by atoms with Crippen LogP contribution in [-0.4, -0.2) is 29.2 Å². The number of hydrogen-bond donors (Lipinski definition) is 2. The summed E-state index contributed by atoms with van der Waals surface area (Å²) in [4.78, 5) is 22.2. The number of nitrogens with one attached hydrogen (secondary N) is 1. The molecule has 1 aromatic rings. The Hall–Kier alpha value is -2.11. The molecule has 0 aliphatic heterocycles. The maximum absolute atomic E-state index is 13.4. The molecule has 0 bridgehead atoms. The molecule has 19 heavy (non-hydrogen) atoms. The summed E-state index contributed by atoms with van der Waals surface area (Å²) in [5.74, 6) is -2.35. The fourth-order valence-corrected chi connectivity index (χ4v) is 1.34. The van der Waals surface area contributed by atoms with Crippen LogP contribution in [0.2, 0.25) is 0 Å². The zero-order valence-electron chi connectivity index (χ0n) is 11.0. The van der Waals surface area contributed by atoms with Gasteiger partial charge in [-0.25, -0.2) is 9.18 Å². The van der Waals surface area contributed by atoms with Crippen molar-refractivity contribution in [1.82, 2.24) is 0 Å². The molecule has 0 amide bonds. The van der Waals surface area contributed by atoms with Gasteiger partial charge >= 0.3 is 11.9 Å². The Morgan fingerprint density at radius 2 is 2.00 bits per heavy atom. The van der Waals surface area contributed by atoms with Gasteiger partial charge in [-0.3, -0.25) is 4.79 Å². The van der Waals surface area contributed by atoms with Crippen molar-refractivity contribution in [1.29, 1.82) is 0 Å². The monoisotopic (exact) mass is 269 g/mol. The Morgan fingerprint density at radius 1 is 1.37 bits per heavy atom. The van der Waals surface area contributed by atoms with Gasteiger partial charge in [-0.15, -0.1) is 0 Å². The van der Waals surface area contributed by atoms with E-state index in [0.717, 1.165) is 18.2 Å². The van der Waals surface area contributed by atoms with Gasteiger partial charge in [0.25, 0.3) is 0 Å². The number of halogens is 1. The molecule has 0 aromatic heterocycles. The van der Waals surface area contributed by atoms with Crippen LogP contribution in [0.5, 0.6) is 0 Å². The molecule has 0 aliphatic carbocycles. The molecule has 0 atom stereocenters. The lowest BCUT2D eigenvalue weighted by molar-refractivity contribution is -0.152. The number of esters is 1. The van der Waals surface area contributed by atoms with Crippen LogP contribution < -0.4 is 5.32 Å². The highest BCUT2D eigenvalue weighted by Gasteiger charge is 2.16. The molecule has 0 fully saturated rings. The SMILES string of the molecule is CC(C)(C)OC(=O)CNc1cc(C(=O)O)ccc1F. The lowest BCUT2D eigenvalue weighted by Gasteiger charge is -2.19. The molecule has 0 saturated heterocycles. The predicted molar refractivity (Wildman–Crippen MR) is 67.7 cm³/mol. The number of ether oxygens (including phenoxy) is 1. The van der Waals surface area contributed by atoms with E-state index in [0.29, 0.717) is 0 Å². The largest absolute Gasteiger partial charge is 0.478 e. The Morgan fingerprint density at radius 3 is 2.53 bits per heavy atom. The number of aromatic carboxylic acids is 1. The summed E-state index contributed by atoms with van der Waals surface area (Å²) in [6, 6.07) is 3.30. The minimum Gasteiger partial charge on any atom is -0.478 e. The second kappa shape index (κ2) is 5.69. The molecule has 0 saturated carbocycles. The van der Waals surface area contributed by atoms with Crippen molar-refractivity contribution in [3.8, 4) is 0 Å². The molecule has 0 spiro atoms. The van der Waals surface area contributed by atoms with Gasteiger partial charge in [-0.2, -0.15) is 0 Å². The van der Waals surface area contributed by atoms with Gasteiger partial charge in [-0.05, 0) is 39.0 Å². The summed E-state index contributed by atoms with van der Waals surface area (Å²) in [5, 5.41) is 11.3. The van der Waals surface area contributed by atoms with Crippen molar-refractivity contribution in [3.05, 3.63) is 29.6 Å². The highest BCUT2D eigenvalue weighted by molar-refractivity contribution is 5.89. The number of carboxylic acids is 1. The fourth-order valence-electron chi connectivity index (χ4n) is 1.34. The van der Waals surface area contributed by atoms with Crippen LogP contribution >= 0.6 is 0 Å². The molecule has 1 rings (SSSR count). The molecule has 0 aliphatic rings. The van der Waals surface area contributed by atoms with E-state index in [4.69, 9.17) is 9.84 Å². The molecule has 1 aromatic carbocycles. The van der Waals surface area contributed by atoms with Gasteiger partial charge in [-0.1, -0.05) is 0 Å². The predicted octanol–water partition coefficient (Wildman–Crippen LogP) is 2.28. The van der Waals surface area contributed by atoms with Gasteiger partial charge in [0.2, 0.25) is 0 Å². The summed E-state index contributed by atoms with van der Waals surface area (Å²) in [6.07, 6.45) is 0. The Labute approximate surface area is 110 Å². The van der Waals surface area contributed by atoms with E-state index < -0.39 is 23.4 Å². The van der Waals surface area contributed by atoms with Crippen LogP contribution in [0.4, 0.5) is 10.1 Å². The molecule has 0 radical (unpaired) electrons. The highest BCUT2D eigenvalue weighted by Crippen LogP contribution is 2.16. The quantitative estimate of drug-likeness (QED) is 0.820. The minimum absolute atomic E-state index is 0.0502. The second-order valence-electron chi connectivity index (χ2n) is 4.94. The van der Waals surface area contributed by atoms with Crippen LogP contribution in [0.1, 0.15) is 31.1 Å². The number of anilines is 1. The molecule has 6 heteroatoms. The van der Waals surface area contributed by atoms with Crippen molar-refractivity contribution in [3.63, 3.8) is 0 Å². The highest BCUT2D eigenvalue weighted by atomic mass is 19.1. The van der Waals surface area contributed by atoms with Crippen LogP contribution in [0.15, 0.2) is 18.2 Å². The van der Waals surface area contributed by atoms with Crippen molar-refractivity contribution in [2.45, 2.75) is 26.4 Å². The molecular formula is C13H16FNO4. The number of carboxylic acid groups (broad SMARTS) is 1. The van der Waals surface area contributed by atoms with Crippen LogP contribution in [0.3, 0.4) is 0 Å². The van der Waals surface area contributed by atoms with Gasteiger partial charge < -0.3 is 15.2 Å². The van der Waals surface area contributed by atoms with Gasteiger partial charge in [0.15, 0.2) is 0 Å². The van der Waals surface area contributed by atoms with Crippen molar-refractivity contribution in [2.75, 3.05) is 11.9 Å². The summed E-state index contributed by atoms with van der Waals surface area (Å²) < 4.78 is 18.5. The van der Waals surface area contributed by atoms with E-state index in [9.17, 15) is 14.0 Å². The number of carbonyl (C=O) groups excluding carboxylic acids is 1. The Kier molecular flexibility index (Phi) is 4.47. The van der Waals surface area contributed by atoms with Gasteiger partial charge in [0.05, 0.1) is 11.3 Å². The first-order valence-corrected chi connectivity index (χ1v) is 5.67. The number of carbonyl (C=O) groups is 2. The van der Waals surface area contributed by atoms with Crippen LogP contribution in [-0.2, 0) is 9.53 Å². The van der Waals surface area contributed by atoms with Crippen molar-refractivity contribution >= 4 is 17.6 Å². The number of benzene rings is 1. The Balaban J connectivity index is 2.70. The van der Waals surface area contributed by atoms with Crippen molar-refractivity contribution < 1.29 is 23.8 Å². The average molecular weight is 269 g/mol. The second-order valence-corrected chi connectivity index (χ2v) is 4.94. The van der Waals surface area contributed by atoms with Gasteiger partial charge in [0, 0.05) is 0 Å². The van der Waals surface area contributed by atoms with E-state index >= 15 is 0 Å². The first-order chi connectivity index (χ1) is 8.69. The lowest BCUT2D eigenvalue weighted by atomic mass is 10.2. The van der Waals surface area contributed by atoms with E-state index in [1.165, 1.54) is 0 Å². The maximum Gasteiger partial charge on any atom is 0.335 e. The molecule has 5 nitrogen and oxygen atoms in total. The normalized spacial score (nSPS) is 10.9. The maximum atomic E-state index is 13.4. The van der Waals surface area contributed by atoms with E-state index in [2.05, 4.69) is 5.32 Å². The summed E-state index contributed by atoms with van der Waals surface area (Å²) in [6.45, 7) is 4.92. The minimum atomic E-state index is -1.17. The first kappa shape index (κ1) is 14.9. The fraction of sp³-hybridized carbons (Fsp3) is 0.385. The number of rotatable bonds is 4. The van der Waals surface area contributed by atoms with E-state index in [1.807, 2.05) is 0 Å². The Bertz CT molecular complexity index is 494. The zero-order chi connectivity index (χ0) is 14.6. The zero-order valence-corrected chi connectivity index (χ0v) is 11.0. The number of hydrogen-bond acceptors (Lipinski definition) is 4. The smallest absolute Gasteiger partial charge is 0.335 e. The molecule has 2 N–H and O–H groups in total.